The number of piperidine rings is 1. The Labute approximate surface area is 113 Å². The first-order chi connectivity index (χ1) is 9.08. The smallest absolute Gasteiger partial charge is 0.251 e. The van der Waals surface area contributed by atoms with Gasteiger partial charge in [0, 0.05) is 11.6 Å². The molecule has 1 aliphatic rings. The second-order valence-electron chi connectivity index (χ2n) is 5.39. The average Bonchev–Trinajstić information content (AvgIpc) is 2.38. The fourth-order valence-electron chi connectivity index (χ4n) is 2.48. The van der Waals surface area contributed by atoms with Gasteiger partial charge in [0.2, 0.25) is 0 Å². The molecule has 0 aromatic heterocycles. The molecular weight excluding hydrogens is 243 g/mol. The van der Waals surface area contributed by atoms with Crippen molar-refractivity contribution in [2.24, 2.45) is 0 Å². The van der Waals surface area contributed by atoms with Crippen LogP contribution >= 0.6 is 0 Å². The summed E-state index contributed by atoms with van der Waals surface area (Å²) in [5.41, 5.74) is 1.13. The van der Waals surface area contributed by atoms with Crippen LogP contribution in [-0.4, -0.2) is 25.0 Å². The molecule has 0 radical (unpaired) electrons. The van der Waals surface area contributed by atoms with Gasteiger partial charge in [0.25, 0.3) is 5.91 Å². The molecule has 2 N–H and O–H groups in total. The third kappa shape index (κ3) is 3.53. The van der Waals surface area contributed by atoms with Gasteiger partial charge >= 0.3 is 0 Å². The number of halogens is 1. The maximum absolute atomic E-state index is 14.1. The maximum atomic E-state index is 14.1. The first-order valence-electron chi connectivity index (χ1n) is 6.89. The number of carbonyl (C=O) groups excluding carboxylic acids is 1. The van der Waals surface area contributed by atoms with Crippen LogP contribution in [0.2, 0.25) is 0 Å². The Bertz CT molecular complexity index is 453. The van der Waals surface area contributed by atoms with Crippen molar-refractivity contribution in [3.8, 4) is 0 Å². The van der Waals surface area contributed by atoms with Crippen LogP contribution in [0.3, 0.4) is 0 Å². The van der Waals surface area contributed by atoms with Crippen LogP contribution in [-0.2, 0) is 0 Å². The molecule has 1 aromatic carbocycles. The molecule has 0 bridgehead atoms. The first-order valence-corrected chi connectivity index (χ1v) is 6.89. The van der Waals surface area contributed by atoms with Crippen LogP contribution in [0.25, 0.3) is 0 Å². The number of carbonyl (C=O) groups is 1. The quantitative estimate of drug-likeness (QED) is 0.880. The highest BCUT2D eigenvalue weighted by Gasteiger charge is 2.19. The Balaban J connectivity index is 2.14. The largest absolute Gasteiger partial charge is 0.350 e. The lowest BCUT2D eigenvalue weighted by Crippen LogP contribution is -2.30. The summed E-state index contributed by atoms with van der Waals surface area (Å²) in [7, 11) is 0. The predicted molar refractivity (Wildman–Crippen MR) is 73.8 cm³/mol. The van der Waals surface area contributed by atoms with E-state index in [4.69, 9.17) is 0 Å². The summed E-state index contributed by atoms with van der Waals surface area (Å²) < 4.78 is 14.1. The highest BCUT2D eigenvalue weighted by Crippen LogP contribution is 2.27. The van der Waals surface area contributed by atoms with E-state index < -0.39 is 0 Å². The topological polar surface area (TPSA) is 41.1 Å². The summed E-state index contributed by atoms with van der Waals surface area (Å²) in [6.07, 6.45) is 1.91. The molecule has 1 heterocycles. The summed E-state index contributed by atoms with van der Waals surface area (Å²) in [6.45, 7) is 5.63. The van der Waals surface area contributed by atoms with Gasteiger partial charge in [0.1, 0.15) is 5.82 Å². The summed E-state index contributed by atoms with van der Waals surface area (Å²) in [6, 6.07) is 4.90. The lowest BCUT2D eigenvalue weighted by molar-refractivity contribution is 0.0942. The zero-order valence-electron chi connectivity index (χ0n) is 11.5. The Morgan fingerprint density at radius 2 is 2.05 bits per heavy atom. The molecule has 3 nitrogen and oxygen atoms in total. The summed E-state index contributed by atoms with van der Waals surface area (Å²) in [4.78, 5) is 11.8. The van der Waals surface area contributed by atoms with Crippen molar-refractivity contribution in [3.05, 3.63) is 35.1 Å². The van der Waals surface area contributed by atoms with E-state index in [0.29, 0.717) is 5.56 Å². The van der Waals surface area contributed by atoms with Crippen LogP contribution < -0.4 is 10.6 Å². The molecule has 19 heavy (non-hydrogen) atoms. The Morgan fingerprint density at radius 1 is 1.37 bits per heavy atom. The summed E-state index contributed by atoms with van der Waals surface area (Å²) in [5, 5.41) is 6.04. The molecule has 4 heteroatoms. The third-order valence-electron chi connectivity index (χ3n) is 3.46. The van der Waals surface area contributed by atoms with E-state index in [9.17, 15) is 9.18 Å². The van der Waals surface area contributed by atoms with Gasteiger partial charge in [0.15, 0.2) is 0 Å². The molecule has 1 saturated heterocycles. The molecule has 0 unspecified atom stereocenters. The van der Waals surface area contributed by atoms with Gasteiger partial charge in [0.05, 0.1) is 0 Å². The standard InChI is InChI=1S/C15H21FN2O/c1-10(2)18-15(19)12-3-4-13(14(16)9-12)11-5-7-17-8-6-11/h3-4,9-11,17H,5-8H2,1-2H3,(H,18,19). The zero-order chi connectivity index (χ0) is 13.8. The van der Waals surface area contributed by atoms with E-state index in [1.54, 1.807) is 12.1 Å². The fourth-order valence-corrected chi connectivity index (χ4v) is 2.48. The lowest BCUT2D eigenvalue weighted by Gasteiger charge is -2.23. The Kier molecular flexibility index (Phi) is 4.53. The average molecular weight is 264 g/mol. The predicted octanol–water partition coefficient (Wildman–Crippen LogP) is 2.43. The van der Waals surface area contributed by atoms with Gasteiger partial charge < -0.3 is 10.6 Å². The number of rotatable bonds is 3. The summed E-state index contributed by atoms with van der Waals surface area (Å²) >= 11 is 0. The van der Waals surface area contributed by atoms with Crippen LogP contribution in [0.1, 0.15) is 48.5 Å². The van der Waals surface area contributed by atoms with E-state index in [2.05, 4.69) is 10.6 Å². The number of hydrogen-bond acceptors (Lipinski definition) is 2. The number of benzene rings is 1. The molecule has 0 atom stereocenters. The lowest BCUT2D eigenvalue weighted by atomic mass is 9.89. The number of nitrogens with one attached hydrogen (secondary N) is 2. The van der Waals surface area contributed by atoms with E-state index in [1.165, 1.54) is 6.07 Å². The van der Waals surface area contributed by atoms with Crippen molar-refractivity contribution in [1.82, 2.24) is 10.6 Å². The molecule has 2 rings (SSSR count). The zero-order valence-corrected chi connectivity index (χ0v) is 11.5. The van der Waals surface area contributed by atoms with Crippen molar-refractivity contribution >= 4 is 5.91 Å². The SMILES string of the molecule is CC(C)NC(=O)c1ccc(C2CCNCC2)c(F)c1. The van der Waals surface area contributed by atoms with Crippen LogP contribution in [0.5, 0.6) is 0 Å². The van der Waals surface area contributed by atoms with E-state index in [0.717, 1.165) is 31.5 Å². The van der Waals surface area contributed by atoms with Crippen LogP contribution in [0.15, 0.2) is 18.2 Å². The normalized spacial score (nSPS) is 16.6. The number of hydrogen-bond donors (Lipinski definition) is 2. The van der Waals surface area contributed by atoms with Crippen molar-refractivity contribution < 1.29 is 9.18 Å². The molecular formula is C15H21FN2O. The molecule has 1 fully saturated rings. The molecule has 0 spiro atoms. The van der Waals surface area contributed by atoms with Gasteiger partial charge in [-0.3, -0.25) is 4.79 Å². The van der Waals surface area contributed by atoms with Gasteiger partial charge in [-0.2, -0.15) is 0 Å². The monoisotopic (exact) mass is 264 g/mol. The van der Waals surface area contributed by atoms with Gasteiger partial charge in [-0.25, -0.2) is 4.39 Å². The van der Waals surface area contributed by atoms with Gasteiger partial charge in [-0.1, -0.05) is 6.07 Å². The van der Waals surface area contributed by atoms with Gasteiger partial charge in [-0.05, 0) is 63.4 Å². The van der Waals surface area contributed by atoms with E-state index in [-0.39, 0.29) is 23.7 Å². The minimum absolute atomic E-state index is 0.0552. The van der Waals surface area contributed by atoms with Crippen LogP contribution in [0, 0.1) is 5.82 Å². The van der Waals surface area contributed by atoms with E-state index >= 15 is 0 Å². The van der Waals surface area contributed by atoms with Crippen molar-refractivity contribution in [2.75, 3.05) is 13.1 Å². The maximum Gasteiger partial charge on any atom is 0.251 e. The molecule has 0 saturated carbocycles. The molecule has 1 aromatic rings. The van der Waals surface area contributed by atoms with E-state index in [1.807, 2.05) is 13.8 Å². The van der Waals surface area contributed by atoms with Crippen molar-refractivity contribution in [1.29, 1.82) is 0 Å². The molecule has 104 valence electrons. The number of amides is 1. The summed E-state index contributed by atoms with van der Waals surface area (Å²) in [5.74, 6) is -0.211. The second-order valence-corrected chi connectivity index (χ2v) is 5.39. The molecule has 1 aliphatic heterocycles. The second kappa shape index (κ2) is 6.15. The third-order valence-corrected chi connectivity index (χ3v) is 3.46. The highest BCUT2D eigenvalue weighted by atomic mass is 19.1. The first kappa shape index (κ1) is 14.0. The Morgan fingerprint density at radius 3 is 2.63 bits per heavy atom. The van der Waals surface area contributed by atoms with Crippen LogP contribution in [0.4, 0.5) is 4.39 Å². The van der Waals surface area contributed by atoms with Crippen molar-refractivity contribution in [3.63, 3.8) is 0 Å². The van der Waals surface area contributed by atoms with Crippen molar-refractivity contribution in [2.45, 2.75) is 38.6 Å². The molecule has 0 aliphatic carbocycles. The van der Waals surface area contributed by atoms with Gasteiger partial charge in [-0.15, -0.1) is 0 Å². The minimum atomic E-state index is -0.261. The fraction of sp³-hybridized carbons (Fsp3) is 0.533. The highest BCUT2D eigenvalue weighted by molar-refractivity contribution is 5.94. The minimum Gasteiger partial charge on any atom is -0.350 e. The molecule has 1 amide bonds. The Hall–Kier alpha value is -1.42.